The van der Waals surface area contributed by atoms with Crippen LogP contribution in [0.1, 0.15) is 36.2 Å². The second-order valence-electron chi connectivity index (χ2n) is 4.77. The molecule has 5 heteroatoms. The largest absolute Gasteiger partial charge is 0.384 e. The quantitative estimate of drug-likeness (QED) is 0.697. The van der Waals surface area contributed by atoms with E-state index < -0.39 is 0 Å². The molecule has 0 radical (unpaired) electrons. The number of aliphatic hydroxyl groups is 1. The van der Waals surface area contributed by atoms with Crippen molar-refractivity contribution in [3.8, 4) is 11.8 Å². The lowest BCUT2D eigenvalue weighted by atomic mass is 10.1. The molecule has 1 aromatic rings. The Balaban J connectivity index is 2.50. The lowest BCUT2D eigenvalue weighted by molar-refractivity contribution is -0.121. The van der Waals surface area contributed by atoms with Crippen LogP contribution in [0.4, 0.5) is 0 Å². The van der Waals surface area contributed by atoms with Gasteiger partial charge in [-0.1, -0.05) is 17.9 Å². The van der Waals surface area contributed by atoms with Gasteiger partial charge >= 0.3 is 0 Å². The van der Waals surface area contributed by atoms with Gasteiger partial charge in [-0.3, -0.25) is 9.59 Å². The number of benzene rings is 1. The highest BCUT2D eigenvalue weighted by Gasteiger charge is 2.07. The predicted molar refractivity (Wildman–Crippen MR) is 80.6 cm³/mol. The van der Waals surface area contributed by atoms with E-state index in [1.807, 2.05) is 13.8 Å². The molecule has 0 aromatic heterocycles. The number of carbonyl (C=O) groups is 2. The maximum atomic E-state index is 11.9. The summed E-state index contributed by atoms with van der Waals surface area (Å²) in [6.07, 6.45) is 0.244. The van der Waals surface area contributed by atoms with Crippen LogP contribution in [0.3, 0.4) is 0 Å². The average molecular weight is 288 g/mol. The van der Waals surface area contributed by atoms with Gasteiger partial charge in [0.15, 0.2) is 0 Å². The van der Waals surface area contributed by atoms with Crippen LogP contribution in [-0.2, 0) is 4.79 Å². The molecule has 0 fully saturated rings. The third-order valence-electron chi connectivity index (χ3n) is 2.52. The molecule has 0 saturated heterocycles. The second-order valence-corrected chi connectivity index (χ2v) is 4.77. The van der Waals surface area contributed by atoms with E-state index in [1.165, 1.54) is 0 Å². The smallest absolute Gasteiger partial charge is 0.251 e. The highest BCUT2D eigenvalue weighted by Crippen LogP contribution is 2.04. The van der Waals surface area contributed by atoms with Gasteiger partial charge in [-0.15, -0.1) is 0 Å². The molecule has 0 bridgehead atoms. The van der Waals surface area contributed by atoms with E-state index in [2.05, 4.69) is 22.5 Å². The van der Waals surface area contributed by atoms with E-state index in [-0.39, 0.29) is 37.4 Å². The Hall–Kier alpha value is -2.32. The van der Waals surface area contributed by atoms with Crippen molar-refractivity contribution in [1.29, 1.82) is 0 Å². The molecule has 1 rings (SSSR count). The van der Waals surface area contributed by atoms with Gasteiger partial charge in [0.1, 0.15) is 6.61 Å². The zero-order chi connectivity index (χ0) is 15.7. The van der Waals surface area contributed by atoms with Gasteiger partial charge in [-0.05, 0) is 32.0 Å². The van der Waals surface area contributed by atoms with E-state index in [1.54, 1.807) is 24.3 Å². The Kier molecular flexibility index (Phi) is 6.99. The first-order chi connectivity index (χ1) is 10.0. The van der Waals surface area contributed by atoms with Gasteiger partial charge < -0.3 is 15.7 Å². The van der Waals surface area contributed by atoms with Crippen LogP contribution in [-0.4, -0.2) is 36.1 Å². The molecule has 0 spiro atoms. The van der Waals surface area contributed by atoms with Crippen LogP contribution in [0.5, 0.6) is 0 Å². The molecule has 21 heavy (non-hydrogen) atoms. The number of amides is 2. The van der Waals surface area contributed by atoms with Crippen molar-refractivity contribution >= 4 is 11.8 Å². The number of hydrogen-bond donors (Lipinski definition) is 3. The molecule has 5 nitrogen and oxygen atoms in total. The predicted octanol–water partition coefficient (Wildman–Crippen LogP) is 0.675. The zero-order valence-electron chi connectivity index (χ0n) is 12.3. The van der Waals surface area contributed by atoms with Crippen LogP contribution in [0.2, 0.25) is 0 Å². The molecule has 0 aliphatic rings. The molecular weight excluding hydrogens is 268 g/mol. The van der Waals surface area contributed by atoms with Gasteiger partial charge in [-0.2, -0.15) is 0 Å². The van der Waals surface area contributed by atoms with Crippen molar-refractivity contribution in [2.75, 3.05) is 13.2 Å². The fraction of sp³-hybridized carbons (Fsp3) is 0.375. The summed E-state index contributed by atoms with van der Waals surface area (Å²) in [5, 5.41) is 14.1. The molecule has 0 heterocycles. The Morgan fingerprint density at radius 1 is 1.33 bits per heavy atom. The van der Waals surface area contributed by atoms with Gasteiger partial charge in [0.25, 0.3) is 5.91 Å². The molecule has 0 aliphatic heterocycles. The van der Waals surface area contributed by atoms with E-state index in [0.717, 1.165) is 0 Å². The summed E-state index contributed by atoms with van der Waals surface area (Å²) in [7, 11) is 0. The van der Waals surface area contributed by atoms with E-state index in [4.69, 9.17) is 5.11 Å². The minimum Gasteiger partial charge on any atom is -0.384 e. The summed E-state index contributed by atoms with van der Waals surface area (Å²) in [4.78, 5) is 23.4. The van der Waals surface area contributed by atoms with Gasteiger partial charge in [0, 0.05) is 30.1 Å². The molecule has 1 aromatic carbocycles. The SMILES string of the molecule is CC(C)NC(=O)CCNC(=O)c1cccc(C#CCO)c1. The Morgan fingerprint density at radius 3 is 2.76 bits per heavy atom. The van der Waals surface area contributed by atoms with Gasteiger partial charge in [0.2, 0.25) is 5.91 Å². The molecule has 0 aliphatic carbocycles. The number of nitrogens with one attached hydrogen (secondary N) is 2. The number of carbonyl (C=O) groups excluding carboxylic acids is 2. The molecule has 0 atom stereocenters. The molecule has 2 amide bonds. The normalized spacial score (nSPS) is 9.71. The number of aliphatic hydroxyl groups excluding tert-OH is 1. The summed E-state index contributed by atoms with van der Waals surface area (Å²) in [5.74, 6) is 4.93. The lowest BCUT2D eigenvalue weighted by Gasteiger charge is -2.09. The van der Waals surface area contributed by atoms with E-state index in [9.17, 15) is 9.59 Å². The highest BCUT2D eigenvalue weighted by molar-refractivity contribution is 5.94. The summed E-state index contributed by atoms with van der Waals surface area (Å²) in [6.45, 7) is 3.83. The van der Waals surface area contributed by atoms with Crippen LogP contribution >= 0.6 is 0 Å². The maximum absolute atomic E-state index is 11.9. The number of rotatable bonds is 5. The third-order valence-corrected chi connectivity index (χ3v) is 2.52. The summed E-state index contributed by atoms with van der Waals surface area (Å²) >= 11 is 0. The van der Waals surface area contributed by atoms with Crippen LogP contribution in [0, 0.1) is 11.8 Å². The van der Waals surface area contributed by atoms with E-state index in [0.29, 0.717) is 11.1 Å². The van der Waals surface area contributed by atoms with Crippen LogP contribution in [0.15, 0.2) is 24.3 Å². The van der Waals surface area contributed by atoms with Gasteiger partial charge in [0.05, 0.1) is 0 Å². The molecule has 112 valence electrons. The van der Waals surface area contributed by atoms with E-state index >= 15 is 0 Å². The Morgan fingerprint density at radius 2 is 2.10 bits per heavy atom. The molecule has 0 saturated carbocycles. The Bertz CT molecular complexity index is 556. The first-order valence-corrected chi connectivity index (χ1v) is 6.80. The minimum absolute atomic E-state index is 0.0899. The van der Waals surface area contributed by atoms with Crippen molar-refractivity contribution in [3.05, 3.63) is 35.4 Å². The maximum Gasteiger partial charge on any atom is 0.251 e. The second kappa shape index (κ2) is 8.77. The topological polar surface area (TPSA) is 78.4 Å². The summed E-state index contributed by atoms with van der Waals surface area (Å²) in [6, 6.07) is 6.90. The van der Waals surface area contributed by atoms with Crippen molar-refractivity contribution in [2.45, 2.75) is 26.3 Å². The van der Waals surface area contributed by atoms with Gasteiger partial charge in [-0.25, -0.2) is 0 Å². The van der Waals surface area contributed by atoms with Crippen molar-refractivity contribution in [3.63, 3.8) is 0 Å². The molecule has 3 N–H and O–H groups in total. The van der Waals surface area contributed by atoms with Crippen molar-refractivity contribution < 1.29 is 14.7 Å². The van der Waals surface area contributed by atoms with Crippen LogP contribution in [0.25, 0.3) is 0 Å². The molecule has 0 unspecified atom stereocenters. The average Bonchev–Trinajstić information content (AvgIpc) is 2.44. The fourth-order valence-electron chi connectivity index (χ4n) is 1.67. The number of hydrogen-bond acceptors (Lipinski definition) is 3. The Labute approximate surface area is 124 Å². The van der Waals surface area contributed by atoms with Crippen LogP contribution < -0.4 is 10.6 Å². The zero-order valence-corrected chi connectivity index (χ0v) is 12.3. The lowest BCUT2D eigenvalue weighted by Crippen LogP contribution is -2.34. The monoisotopic (exact) mass is 288 g/mol. The minimum atomic E-state index is -0.250. The summed E-state index contributed by atoms with van der Waals surface area (Å²) in [5.41, 5.74) is 1.14. The highest BCUT2D eigenvalue weighted by atomic mass is 16.2. The third kappa shape index (κ3) is 6.59. The first-order valence-electron chi connectivity index (χ1n) is 6.80. The first kappa shape index (κ1) is 16.7. The molecular formula is C16H20N2O3. The summed E-state index contributed by atoms with van der Waals surface area (Å²) < 4.78 is 0. The van der Waals surface area contributed by atoms with Crippen molar-refractivity contribution in [1.82, 2.24) is 10.6 Å². The standard InChI is InChI=1S/C16H20N2O3/c1-12(2)18-15(20)8-9-17-16(21)14-7-3-5-13(11-14)6-4-10-19/h3,5,7,11-12,19H,8-10H2,1-2H3,(H,17,21)(H,18,20). The van der Waals surface area contributed by atoms with Crippen molar-refractivity contribution in [2.24, 2.45) is 0 Å². The fourth-order valence-corrected chi connectivity index (χ4v) is 1.67.